The summed E-state index contributed by atoms with van der Waals surface area (Å²) < 4.78 is 0.903. The Labute approximate surface area is 84.8 Å². The molecule has 0 spiro atoms. The Bertz CT molecular complexity index is 344. The molecule has 0 atom stereocenters. The third kappa shape index (κ3) is 2.50. The quantitative estimate of drug-likeness (QED) is 0.571. The maximum absolute atomic E-state index is 8.67. The van der Waals surface area contributed by atoms with Gasteiger partial charge in [0, 0.05) is 0 Å². The van der Waals surface area contributed by atoms with Crippen LogP contribution in [0.1, 0.15) is 5.56 Å². The van der Waals surface area contributed by atoms with E-state index in [-0.39, 0.29) is 0 Å². The first-order valence-electron chi connectivity index (χ1n) is 3.42. The zero-order valence-electron chi connectivity index (χ0n) is 7.24. The summed E-state index contributed by atoms with van der Waals surface area (Å²) in [5.74, 6) is 0.529. The molecule has 68 valence electrons. The summed E-state index contributed by atoms with van der Waals surface area (Å²) in [5, 5.41) is 15.1. The van der Waals surface area contributed by atoms with Gasteiger partial charge in [-0.3, -0.25) is 5.10 Å². The Balaban J connectivity index is 2.96. The van der Waals surface area contributed by atoms with Gasteiger partial charge in [0.05, 0.1) is 6.20 Å². The van der Waals surface area contributed by atoms with Gasteiger partial charge in [0.2, 0.25) is 0 Å². The number of hydrogen-bond donors (Lipinski definition) is 1. The van der Waals surface area contributed by atoms with Crippen LogP contribution in [-0.4, -0.2) is 27.1 Å². The lowest BCUT2D eigenvalue weighted by atomic mass is 10.4. The van der Waals surface area contributed by atoms with Crippen molar-refractivity contribution >= 4 is 33.7 Å². The molecule has 0 saturated heterocycles. The number of aromatic amines is 1. The first-order chi connectivity index (χ1) is 6.31. The minimum atomic E-state index is 0.473. The van der Waals surface area contributed by atoms with Crippen LogP contribution >= 0.6 is 23.5 Å². The number of aromatic nitrogens is 2. The van der Waals surface area contributed by atoms with Crippen molar-refractivity contribution in [3.63, 3.8) is 0 Å². The molecule has 0 amide bonds. The van der Waals surface area contributed by atoms with Crippen molar-refractivity contribution in [1.82, 2.24) is 10.2 Å². The largest absolute Gasteiger partial charge is 0.260 e. The molecule has 0 aromatic carbocycles. The van der Waals surface area contributed by atoms with E-state index in [1.54, 1.807) is 23.5 Å². The first kappa shape index (κ1) is 10.2. The SMILES string of the molecule is CSC(=Nc1[nH]ncc1C#N)SC. The molecule has 0 aliphatic carbocycles. The topological polar surface area (TPSA) is 64.8 Å². The second kappa shape index (κ2) is 4.94. The van der Waals surface area contributed by atoms with E-state index in [4.69, 9.17) is 5.26 Å². The molecule has 0 bridgehead atoms. The van der Waals surface area contributed by atoms with E-state index < -0.39 is 0 Å². The Morgan fingerprint density at radius 1 is 1.62 bits per heavy atom. The van der Waals surface area contributed by atoms with Crippen molar-refractivity contribution < 1.29 is 0 Å². The molecule has 0 aliphatic heterocycles. The lowest BCUT2D eigenvalue weighted by molar-refractivity contribution is 1.08. The monoisotopic (exact) mass is 212 g/mol. The number of rotatable bonds is 1. The summed E-state index contributed by atoms with van der Waals surface area (Å²) in [6.45, 7) is 0. The molecule has 4 nitrogen and oxygen atoms in total. The highest BCUT2D eigenvalue weighted by Crippen LogP contribution is 2.19. The number of thioether (sulfide) groups is 2. The van der Waals surface area contributed by atoms with Gasteiger partial charge >= 0.3 is 0 Å². The Hall–Kier alpha value is -0.930. The Morgan fingerprint density at radius 3 is 2.85 bits per heavy atom. The number of nitriles is 1. The molecule has 1 aromatic heterocycles. The minimum Gasteiger partial charge on any atom is -0.260 e. The van der Waals surface area contributed by atoms with Crippen LogP contribution in [0.5, 0.6) is 0 Å². The van der Waals surface area contributed by atoms with Crippen LogP contribution in [0.4, 0.5) is 5.82 Å². The standard InChI is InChI=1S/C7H8N4S2/c1-12-7(13-2)10-6-5(3-8)4-9-11-6/h4H,1-2H3,(H,9,11). The molecule has 0 saturated carbocycles. The summed E-state index contributed by atoms with van der Waals surface area (Å²) >= 11 is 3.09. The highest BCUT2D eigenvalue weighted by atomic mass is 32.2. The lowest BCUT2D eigenvalue weighted by Gasteiger charge is -1.95. The number of aliphatic imine (C=N–C) groups is 1. The molecule has 0 radical (unpaired) electrons. The van der Waals surface area contributed by atoms with Crippen molar-refractivity contribution in [2.45, 2.75) is 0 Å². The van der Waals surface area contributed by atoms with Crippen molar-refractivity contribution in [1.29, 1.82) is 5.26 Å². The average Bonchev–Trinajstić information content (AvgIpc) is 2.61. The minimum absolute atomic E-state index is 0.473. The first-order valence-corrected chi connectivity index (χ1v) is 5.87. The molecule has 1 N–H and O–H groups in total. The predicted octanol–water partition coefficient (Wildman–Crippen LogP) is 1.99. The lowest BCUT2D eigenvalue weighted by Crippen LogP contribution is -1.81. The summed E-state index contributed by atoms with van der Waals surface area (Å²) in [5.41, 5.74) is 0.473. The third-order valence-corrected chi connectivity index (χ3v) is 3.17. The fourth-order valence-corrected chi connectivity index (χ4v) is 1.74. The molecule has 1 rings (SSSR count). The Kier molecular flexibility index (Phi) is 3.86. The molecule has 1 aromatic rings. The maximum Gasteiger partial charge on any atom is 0.167 e. The predicted molar refractivity (Wildman–Crippen MR) is 57.4 cm³/mol. The van der Waals surface area contributed by atoms with Gasteiger partial charge in [0.1, 0.15) is 16.0 Å². The third-order valence-electron chi connectivity index (χ3n) is 1.29. The van der Waals surface area contributed by atoms with Crippen molar-refractivity contribution in [2.75, 3.05) is 12.5 Å². The highest BCUT2D eigenvalue weighted by Gasteiger charge is 2.03. The summed E-state index contributed by atoms with van der Waals surface area (Å²) in [6, 6.07) is 2.01. The second-order valence-corrected chi connectivity index (χ2v) is 3.88. The van der Waals surface area contributed by atoms with Gasteiger partial charge in [-0.15, -0.1) is 23.5 Å². The van der Waals surface area contributed by atoms with E-state index in [1.807, 2.05) is 18.6 Å². The smallest absolute Gasteiger partial charge is 0.167 e. The molecular weight excluding hydrogens is 204 g/mol. The van der Waals surface area contributed by atoms with Gasteiger partial charge in [-0.05, 0) is 12.5 Å². The van der Waals surface area contributed by atoms with Crippen molar-refractivity contribution in [3.8, 4) is 6.07 Å². The number of H-pyrrole nitrogens is 1. The van der Waals surface area contributed by atoms with Crippen LogP contribution in [0, 0.1) is 11.3 Å². The van der Waals surface area contributed by atoms with Crippen LogP contribution in [0.25, 0.3) is 0 Å². The fraction of sp³-hybridized carbons (Fsp3) is 0.286. The van der Waals surface area contributed by atoms with Crippen LogP contribution in [-0.2, 0) is 0 Å². The number of hydrogen-bond acceptors (Lipinski definition) is 5. The van der Waals surface area contributed by atoms with E-state index in [1.165, 1.54) is 6.20 Å². The normalized spacial score (nSPS) is 9.31. The zero-order chi connectivity index (χ0) is 9.68. The van der Waals surface area contributed by atoms with Crippen molar-refractivity contribution in [2.24, 2.45) is 4.99 Å². The zero-order valence-corrected chi connectivity index (χ0v) is 8.87. The molecule has 1 heterocycles. The van der Waals surface area contributed by atoms with Crippen LogP contribution in [0.15, 0.2) is 11.2 Å². The van der Waals surface area contributed by atoms with E-state index in [9.17, 15) is 0 Å². The van der Waals surface area contributed by atoms with E-state index in [2.05, 4.69) is 15.2 Å². The van der Waals surface area contributed by atoms with Crippen LogP contribution in [0.3, 0.4) is 0 Å². The molecular formula is C7H8N4S2. The van der Waals surface area contributed by atoms with E-state index in [0.29, 0.717) is 11.4 Å². The van der Waals surface area contributed by atoms with Crippen LogP contribution < -0.4 is 0 Å². The Morgan fingerprint density at radius 2 is 2.31 bits per heavy atom. The summed E-state index contributed by atoms with van der Waals surface area (Å²) in [7, 11) is 0. The highest BCUT2D eigenvalue weighted by molar-refractivity contribution is 8.38. The number of nitrogens with zero attached hydrogens (tertiary/aromatic N) is 3. The fourth-order valence-electron chi connectivity index (χ4n) is 0.712. The van der Waals surface area contributed by atoms with E-state index in [0.717, 1.165) is 4.38 Å². The van der Waals surface area contributed by atoms with E-state index >= 15 is 0 Å². The van der Waals surface area contributed by atoms with Gasteiger partial charge in [-0.25, -0.2) is 4.99 Å². The molecule has 13 heavy (non-hydrogen) atoms. The molecule has 0 fully saturated rings. The molecule has 0 unspecified atom stereocenters. The van der Waals surface area contributed by atoms with Crippen LogP contribution in [0.2, 0.25) is 0 Å². The maximum atomic E-state index is 8.67. The van der Waals surface area contributed by atoms with Gasteiger partial charge in [0.15, 0.2) is 5.82 Å². The second-order valence-electron chi connectivity index (χ2n) is 2.03. The average molecular weight is 212 g/mol. The van der Waals surface area contributed by atoms with Crippen molar-refractivity contribution in [3.05, 3.63) is 11.8 Å². The molecule has 0 aliphatic rings. The molecule has 6 heteroatoms. The van der Waals surface area contributed by atoms with Gasteiger partial charge in [-0.1, -0.05) is 0 Å². The van der Waals surface area contributed by atoms with Gasteiger partial charge in [0.25, 0.3) is 0 Å². The summed E-state index contributed by atoms with van der Waals surface area (Å²) in [6.07, 6.45) is 5.35. The summed E-state index contributed by atoms with van der Waals surface area (Å²) in [4.78, 5) is 4.23. The van der Waals surface area contributed by atoms with Gasteiger partial charge in [-0.2, -0.15) is 10.4 Å². The van der Waals surface area contributed by atoms with Gasteiger partial charge < -0.3 is 0 Å². The number of nitrogens with one attached hydrogen (secondary N) is 1.